The second-order valence-corrected chi connectivity index (χ2v) is 9.47. The lowest BCUT2D eigenvalue weighted by atomic mass is 9.72. The number of hydrogen-bond donors (Lipinski definition) is 0. The first kappa shape index (κ1) is 18.4. The molecule has 0 N–H and O–H groups in total. The van der Waals surface area contributed by atoms with Crippen molar-refractivity contribution in [2.45, 2.75) is 28.9 Å². The Balaban J connectivity index is 2.03. The zero-order chi connectivity index (χ0) is 19.4. The van der Waals surface area contributed by atoms with Gasteiger partial charge in [-0.1, -0.05) is 11.6 Å². The summed E-state index contributed by atoms with van der Waals surface area (Å²) in [6, 6.07) is 7.34. The number of halogens is 3. The molecule has 1 aliphatic carbocycles. The van der Waals surface area contributed by atoms with E-state index in [1.807, 2.05) is 0 Å². The molecule has 1 unspecified atom stereocenters. The Labute approximate surface area is 160 Å². The van der Waals surface area contributed by atoms with Gasteiger partial charge in [-0.2, -0.15) is 0 Å². The summed E-state index contributed by atoms with van der Waals surface area (Å²) in [5, 5.41) is 0.353. The molecule has 0 spiro atoms. The van der Waals surface area contributed by atoms with Gasteiger partial charge in [-0.25, -0.2) is 17.2 Å². The summed E-state index contributed by atoms with van der Waals surface area (Å²) in [5.41, 5.74) is -0.318. The average molecular weight is 413 g/mol. The van der Waals surface area contributed by atoms with Gasteiger partial charge >= 0.3 is 0 Å². The molecule has 1 saturated carbocycles. The Bertz CT molecular complexity index is 1040. The van der Waals surface area contributed by atoms with Crippen LogP contribution in [0, 0.1) is 17.6 Å². The number of carbonyl (C=O) groups is 1. The number of ketones is 1. The third-order valence-electron chi connectivity index (χ3n) is 5.42. The molecule has 2 aliphatic rings. The van der Waals surface area contributed by atoms with Gasteiger partial charge in [0.15, 0.2) is 21.4 Å². The minimum Gasteiger partial charge on any atom is -0.490 e. The first-order valence-corrected chi connectivity index (χ1v) is 10.3. The Morgan fingerprint density at radius 3 is 2.44 bits per heavy atom. The van der Waals surface area contributed by atoms with E-state index < -0.39 is 37.9 Å². The lowest BCUT2D eigenvalue weighted by Crippen LogP contribution is -2.52. The highest BCUT2D eigenvalue weighted by molar-refractivity contribution is 7.92. The fraction of sp³-hybridized carbons (Fsp3) is 0.316. The first-order valence-electron chi connectivity index (χ1n) is 8.40. The van der Waals surface area contributed by atoms with Gasteiger partial charge in [0, 0.05) is 23.8 Å². The number of hydrogen-bond acceptors (Lipinski definition) is 4. The van der Waals surface area contributed by atoms with Crippen molar-refractivity contribution in [2.75, 3.05) is 6.61 Å². The molecule has 142 valence electrons. The number of benzene rings is 2. The molecule has 0 bridgehead atoms. The van der Waals surface area contributed by atoms with Crippen molar-refractivity contribution in [3.63, 3.8) is 0 Å². The quantitative estimate of drug-likeness (QED) is 0.746. The average Bonchev–Trinajstić information content (AvgIpc) is 2.64. The van der Waals surface area contributed by atoms with Gasteiger partial charge in [-0.15, -0.1) is 0 Å². The summed E-state index contributed by atoms with van der Waals surface area (Å²) < 4.78 is 60.2. The van der Waals surface area contributed by atoms with Gasteiger partial charge in [0.2, 0.25) is 0 Å². The van der Waals surface area contributed by atoms with Crippen molar-refractivity contribution in [2.24, 2.45) is 5.92 Å². The molecular formula is C19H15ClF2O4S. The minimum absolute atomic E-state index is 0.0291. The molecule has 4 nitrogen and oxygen atoms in total. The largest absolute Gasteiger partial charge is 0.490 e. The summed E-state index contributed by atoms with van der Waals surface area (Å²) in [5.74, 6) is -3.00. The number of ether oxygens (including phenoxy) is 1. The fourth-order valence-corrected chi connectivity index (χ4v) is 6.62. The zero-order valence-corrected chi connectivity index (χ0v) is 15.6. The highest BCUT2D eigenvalue weighted by Crippen LogP contribution is 2.55. The minimum atomic E-state index is -4.17. The van der Waals surface area contributed by atoms with Crippen LogP contribution in [0.5, 0.6) is 5.75 Å². The fourth-order valence-electron chi connectivity index (χ4n) is 4.16. The first-order chi connectivity index (χ1) is 12.8. The van der Waals surface area contributed by atoms with Crippen LogP contribution < -0.4 is 4.74 Å². The van der Waals surface area contributed by atoms with Crippen molar-refractivity contribution in [1.82, 2.24) is 0 Å². The van der Waals surface area contributed by atoms with Crippen LogP contribution >= 0.6 is 11.6 Å². The predicted octanol–water partition coefficient (Wildman–Crippen LogP) is 4.05. The third-order valence-corrected chi connectivity index (χ3v) is 8.27. The lowest BCUT2D eigenvalue weighted by molar-refractivity contribution is -0.123. The van der Waals surface area contributed by atoms with Crippen molar-refractivity contribution in [1.29, 1.82) is 0 Å². The lowest BCUT2D eigenvalue weighted by Gasteiger charge is -2.46. The predicted molar refractivity (Wildman–Crippen MR) is 94.5 cm³/mol. The maximum Gasteiger partial charge on any atom is 0.188 e. The maximum absolute atomic E-state index is 14.9. The molecule has 2 aromatic rings. The number of carbonyl (C=O) groups excluding carboxylic acids is 1. The highest BCUT2D eigenvalue weighted by Gasteiger charge is 2.59. The van der Waals surface area contributed by atoms with E-state index in [2.05, 4.69) is 0 Å². The van der Waals surface area contributed by atoms with Crippen molar-refractivity contribution < 1.29 is 26.7 Å². The van der Waals surface area contributed by atoms with Gasteiger partial charge in [0.05, 0.1) is 17.1 Å². The third kappa shape index (κ3) is 2.59. The van der Waals surface area contributed by atoms with E-state index in [-0.39, 0.29) is 42.1 Å². The molecule has 4 rings (SSSR count). The maximum atomic E-state index is 14.9. The van der Waals surface area contributed by atoms with E-state index in [0.717, 1.165) is 12.1 Å². The van der Waals surface area contributed by atoms with Crippen LogP contribution in [0.2, 0.25) is 5.02 Å². The molecule has 1 heterocycles. The van der Waals surface area contributed by atoms with Crippen molar-refractivity contribution >= 4 is 27.2 Å². The normalized spacial score (nSPS) is 24.7. The second-order valence-electron chi connectivity index (χ2n) is 6.83. The van der Waals surface area contributed by atoms with Gasteiger partial charge in [-0.3, -0.25) is 4.79 Å². The Morgan fingerprint density at radius 2 is 1.74 bits per heavy atom. The van der Waals surface area contributed by atoms with Gasteiger partial charge in [0.25, 0.3) is 0 Å². The number of sulfone groups is 1. The molecule has 1 aliphatic heterocycles. The summed E-state index contributed by atoms with van der Waals surface area (Å²) >= 11 is 5.86. The van der Waals surface area contributed by atoms with E-state index in [1.165, 1.54) is 24.3 Å². The smallest absolute Gasteiger partial charge is 0.188 e. The molecule has 8 heteroatoms. The summed E-state index contributed by atoms with van der Waals surface area (Å²) in [6.45, 7) is -0.175. The van der Waals surface area contributed by atoms with Crippen LogP contribution in [0.4, 0.5) is 8.78 Å². The molecule has 0 saturated heterocycles. The topological polar surface area (TPSA) is 60.4 Å². The molecule has 27 heavy (non-hydrogen) atoms. The highest BCUT2D eigenvalue weighted by atomic mass is 35.5. The molecule has 2 aromatic carbocycles. The molecular weight excluding hydrogens is 398 g/mol. The standard InChI is InChI=1S/C19H15ClF2O4S/c20-12-1-3-14(4-2-12)27(24,25)19-8-7-13(23)9-11(19)10-26-18-16(22)6-5-15(21)17(18)19/h1-6,11H,7-10H2/t11?,19-/m0/s1. The van der Waals surface area contributed by atoms with Crippen LogP contribution in [-0.2, 0) is 19.4 Å². The van der Waals surface area contributed by atoms with Crippen LogP contribution in [0.1, 0.15) is 24.8 Å². The SMILES string of the molecule is O=C1CC[C@@]2(S(=O)(=O)c3ccc(Cl)cc3)c3c(F)ccc(F)c3OCC2C1. The molecule has 2 atom stereocenters. The van der Waals surface area contributed by atoms with E-state index in [9.17, 15) is 22.0 Å². The van der Waals surface area contributed by atoms with Crippen molar-refractivity contribution in [3.05, 3.63) is 58.6 Å². The molecule has 0 aromatic heterocycles. The monoisotopic (exact) mass is 412 g/mol. The number of Topliss-reactive ketones (excluding diaryl/α,β-unsaturated/α-hetero) is 1. The molecule has 0 amide bonds. The van der Waals surface area contributed by atoms with Crippen LogP contribution in [0.15, 0.2) is 41.3 Å². The molecule has 0 radical (unpaired) electrons. The second kappa shape index (κ2) is 6.27. The molecule has 1 fully saturated rings. The van der Waals surface area contributed by atoms with E-state index in [0.29, 0.717) is 5.02 Å². The summed E-state index contributed by atoms with van der Waals surface area (Å²) in [4.78, 5) is 11.9. The number of fused-ring (bicyclic) bond motifs is 3. The van der Waals surface area contributed by atoms with E-state index >= 15 is 0 Å². The van der Waals surface area contributed by atoms with Crippen LogP contribution in [-0.4, -0.2) is 20.8 Å². The van der Waals surface area contributed by atoms with Gasteiger partial charge in [-0.05, 0) is 42.8 Å². The summed E-state index contributed by atoms with van der Waals surface area (Å²) in [6.07, 6.45) is -0.223. The Morgan fingerprint density at radius 1 is 1.07 bits per heavy atom. The Hall–Kier alpha value is -1.99. The van der Waals surface area contributed by atoms with Crippen LogP contribution in [0.25, 0.3) is 0 Å². The number of rotatable bonds is 2. The Kier molecular flexibility index (Phi) is 4.27. The van der Waals surface area contributed by atoms with E-state index in [4.69, 9.17) is 16.3 Å². The van der Waals surface area contributed by atoms with Gasteiger partial charge < -0.3 is 4.74 Å². The van der Waals surface area contributed by atoms with E-state index in [1.54, 1.807) is 0 Å². The zero-order valence-electron chi connectivity index (χ0n) is 14.0. The van der Waals surface area contributed by atoms with Crippen LogP contribution in [0.3, 0.4) is 0 Å². The summed E-state index contributed by atoms with van der Waals surface area (Å²) in [7, 11) is -4.17. The van der Waals surface area contributed by atoms with Gasteiger partial charge in [0.1, 0.15) is 16.3 Å². The van der Waals surface area contributed by atoms with Crippen molar-refractivity contribution in [3.8, 4) is 5.75 Å².